The maximum Gasteiger partial charge on any atom is 0.138 e. The first-order chi connectivity index (χ1) is 7.84. The molecule has 0 spiro atoms. The lowest BCUT2D eigenvalue weighted by atomic mass is 10.1. The second-order valence-electron chi connectivity index (χ2n) is 4.00. The van der Waals surface area contributed by atoms with Crippen molar-refractivity contribution in [3.8, 4) is 0 Å². The van der Waals surface area contributed by atoms with E-state index in [9.17, 15) is 4.79 Å². The topological polar surface area (TPSA) is 42.0 Å². The fraction of sp³-hybridized carbons (Fsp3) is 0.500. The van der Waals surface area contributed by atoms with E-state index in [1.165, 1.54) is 0 Å². The summed E-state index contributed by atoms with van der Waals surface area (Å²) in [6.45, 7) is 1.03. The van der Waals surface area contributed by atoms with Crippen LogP contribution in [0.5, 0.6) is 0 Å². The molecule has 1 fully saturated rings. The predicted molar refractivity (Wildman–Crippen MR) is 66.7 cm³/mol. The van der Waals surface area contributed by atoms with Gasteiger partial charge in [0.25, 0.3) is 0 Å². The normalized spacial score (nSPS) is 20.6. The summed E-state index contributed by atoms with van der Waals surface area (Å²) in [5, 5.41) is 3.38. The third kappa shape index (κ3) is 3.61. The summed E-state index contributed by atoms with van der Waals surface area (Å²) in [7, 11) is 0. The summed E-state index contributed by atoms with van der Waals surface area (Å²) in [6.07, 6.45) is 4.65. The maximum atomic E-state index is 11.8. The summed E-state index contributed by atoms with van der Waals surface area (Å²) in [5.74, 6) is 2.53. The highest BCUT2D eigenvalue weighted by molar-refractivity contribution is 7.99. The SMILES string of the molecule is O=C(Cc1ccncc1)CC1CSCCN1. The molecule has 0 bridgehead atoms. The smallest absolute Gasteiger partial charge is 0.138 e. The van der Waals surface area contributed by atoms with Crippen LogP contribution in [0.15, 0.2) is 24.5 Å². The van der Waals surface area contributed by atoms with Crippen molar-refractivity contribution in [3.63, 3.8) is 0 Å². The van der Waals surface area contributed by atoms with Gasteiger partial charge in [-0.1, -0.05) is 0 Å². The lowest BCUT2D eigenvalue weighted by Gasteiger charge is -2.22. The first kappa shape index (κ1) is 11.6. The van der Waals surface area contributed by atoms with E-state index in [1.807, 2.05) is 23.9 Å². The minimum atomic E-state index is 0.311. The number of hydrogen-bond donors (Lipinski definition) is 1. The largest absolute Gasteiger partial charge is 0.312 e. The zero-order chi connectivity index (χ0) is 11.2. The van der Waals surface area contributed by atoms with Gasteiger partial charge in [0, 0.05) is 49.3 Å². The van der Waals surface area contributed by atoms with Gasteiger partial charge in [0.1, 0.15) is 5.78 Å². The van der Waals surface area contributed by atoms with Gasteiger partial charge in [0.2, 0.25) is 0 Å². The predicted octanol–water partition coefficient (Wildman–Crippen LogP) is 1.29. The number of nitrogens with zero attached hydrogens (tertiary/aromatic N) is 1. The molecule has 1 aliphatic rings. The number of Topliss-reactive ketones (excluding diaryl/α,β-unsaturated/α-hetero) is 1. The lowest BCUT2D eigenvalue weighted by Crippen LogP contribution is -2.39. The van der Waals surface area contributed by atoms with Crippen molar-refractivity contribution in [2.75, 3.05) is 18.1 Å². The van der Waals surface area contributed by atoms with Crippen LogP contribution in [0.1, 0.15) is 12.0 Å². The first-order valence-corrected chi connectivity index (χ1v) is 6.72. The summed E-state index contributed by atoms with van der Waals surface area (Å²) in [6, 6.07) is 4.18. The minimum absolute atomic E-state index is 0.311. The highest BCUT2D eigenvalue weighted by atomic mass is 32.2. The number of ketones is 1. The second kappa shape index (κ2) is 6.01. The van der Waals surface area contributed by atoms with Crippen molar-refractivity contribution in [2.45, 2.75) is 18.9 Å². The van der Waals surface area contributed by atoms with Crippen LogP contribution < -0.4 is 5.32 Å². The van der Waals surface area contributed by atoms with Crippen LogP contribution in [-0.2, 0) is 11.2 Å². The molecule has 0 amide bonds. The molecular weight excluding hydrogens is 220 g/mol. The molecule has 0 aromatic carbocycles. The average molecular weight is 236 g/mol. The van der Waals surface area contributed by atoms with Crippen molar-refractivity contribution in [1.82, 2.24) is 10.3 Å². The van der Waals surface area contributed by atoms with Gasteiger partial charge >= 0.3 is 0 Å². The molecule has 0 radical (unpaired) electrons. The highest BCUT2D eigenvalue weighted by Gasteiger charge is 2.16. The molecule has 86 valence electrons. The quantitative estimate of drug-likeness (QED) is 0.855. The van der Waals surface area contributed by atoms with Crippen LogP contribution in [-0.4, -0.2) is 34.9 Å². The Morgan fingerprint density at radius 3 is 3.00 bits per heavy atom. The van der Waals surface area contributed by atoms with Crippen LogP contribution in [0.2, 0.25) is 0 Å². The van der Waals surface area contributed by atoms with Crippen molar-refractivity contribution >= 4 is 17.5 Å². The van der Waals surface area contributed by atoms with E-state index >= 15 is 0 Å². The van der Waals surface area contributed by atoms with Crippen LogP contribution in [0, 0.1) is 0 Å². The van der Waals surface area contributed by atoms with E-state index in [2.05, 4.69) is 10.3 Å². The summed E-state index contributed by atoms with van der Waals surface area (Å²) in [5.41, 5.74) is 1.06. The Labute approximate surface area is 100 Å². The Hall–Kier alpha value is -0.870. The molecule has 3 nitrogen and oxygen atoms in total. The van der Waals surface area contributed by atoms with Gasteiger partial charge in [-0.25, -0.2) is 0 Å². The van der Waals surface area contributed by atoms with E-state index in [-0.39, 0.29) is 0 Å². The number of rotatable bonds is 4. The van der Waals surface area contributed by atoms with Crippen molar-refractivity contribution in [2.24, 2.45) is 0 Å². The summed E-state index contributed by atoms with van der Waals surface area (Å²) in [4.78, 5) is 15.8. The van der Waals surface area contributed by atoms with Crippen LogP contribution in [0.4, 0.5) is 0 Å². The van der Waals surface area contributed by atoms with Crippen LogP contribution >= 0.6 is 11.8 Å². The molecule has 2 heterocycles. The molecule has 1 aromatic heterocycles. The van der Waals surface area contributed by atoms with E-state index in [4.69, 9.17) is 0 Å². The zero-order valence-corrected chi connectivity index (χ0v) is 10.0. The van der Waals surface area contributed by atoms with Crippen molar-refractivity contribution in [3.05, 3.63) is 30.1 Å². The molecule has 0 aliphatic carbocycles. The molecule has 0 saturated carbocycles. The first-order valence-electron chi connectivity index (χ1n) is 5.56. The fourth-order valence-electron chi connectivity index (χ4n) is 1.83. The Bertz CT molecular complexity index is 336. The molecule has 1 unspecified atom stereocenters. The van der Waals surface area contributed by atoms with Crippen LogP contribution in [0.3, 0.4) is 0 Å². The number of thioether (sulfide) groups is 1. The number of aromatic nitrogens is 1. The highest BCUT2D eigenvalue weighted by Crippen LogP contribution is 2.11. The molecule has 1 N–H and O–H groups in total. The number of pyridine rings is 1. The van der Waals surface area contributed by atoms with Gasteiger partial charge in [-0.05, 0) is 17.7 Å². The number of hydrogen-bond acceptors (Lipinski definition) is 4. The Morgan fingerprint density at radius 1 is 1.50 bits per heavy atom. The molecule has 16 heavy (non-hydrogen) atoms. The van der Waals surface area contributed by atoms with Crippen molar-refractivity contribution < 1.29 is 4.79 Å². The van der Waals surface area contributed by atoms with Gasteiger partial charge < -0.3 is 5.32 Å². The third-order valence-corrected chi connectivity index (χ3v) is 3.75. The van der Waals surface area contributed by atoms with Crippen molar-refractivity contribution in [1.29, 1.82) is 0 Å². The van der Waals surface area contributed by atoms with E-state index in [0.717, 1.165) is 23.6 Å². The number of nitrogens with one attached hydrogen (secondary N) is 1. The molecule has 1 aromatic rings. The summed E-state index contributed by atoms with van der Waals surface area (Å²) < 4.78 is 0. The molecule has 1 aliphatic heterocycles. The van der Waals surface area contributed by atoms with E-state index in [0.29, 0.717) is 24.7 Å². The average Bonchev–Trinajstić information content (AvgIpc) is 2.31. The van der Waals surface area contributed by atoms with E-state index in [1.54, 1.807) is 12.4 Å². The fourth-order valence-corrected chi connectivity index (χ4v) is 2.78. The Balaban J connectivity index is 1.80. The van der Waals surface area contributed by atoms with Gasteiger partial charge in [-0.15, -0.1) is 0 Å². The third-order valence-electron chi connectivity index (χ3n) is 2.62. The second-order valence-corrected chi connectivity index (χ2v) is 5.15. The molecule has 2 rings (SSSR count). The van der Waals surface area contributed by atoms with Gasteiger partial charge in [-0.2, -0.15) is 11.8 Å². The van der Waals surface area contributed by atoms with Gasteiger partial charge in [-0.3, -0.25) is 9.78 Å². The number of carbonyl (C=O) groups is 1. The monoisotopic (exact) mass is 236 g/mol. The molecule has 1 saturated heterocycles. The summed E-state index contributed by atoms with van der Waals surface area (Å²) >= 11 is 1.93. The maximum absolute atomic E-state index is 11.8. The molecule has 4 heteroatoms. The minimum Gasteiger partial charge on any atom is -0.312 e. The van der Waals surface area contributed by atoms with E-state index < -0.39 is 0 Å². The Morgan fingerprint density at radius 2 is 2.31 bits per heavy atom. The van der Waals surface area contributed by atoms with Gasteiger partial charge in [0.15, 0.2) is 0 Å². The standard InChI is InChI=1S/C12H16N2OS/c15-12(7-10-1-3-13-4-2-10)8-11-9-16-6-5-14-11/h1-4,11,14H,5-9H2. The molecule has 1 atom stereocenters. The zero-order valence-electron chi connectivity index (χ0n) is 9.19. The van der Waals surface area contributed by atoms with Gasteiger partial charge in [0.05, 0.1) is 0 Å². The van der Waals surface area contributed by atoms with Crippen LogP contribution in [0.25, 0.3) is 0 Å². The Kier molecular flexibility index (Phi) is 4.36. The lowest BCUT2D eigenvalue weighted by molar-refractivity contribution is -0.118. The molecular formula is C12H16N2OS. The number of carbonyl (C=O) groups excluding carboxylic acids is 1.